The maximum atomic E-state index is 13.0. The highest BCUT2D eigenvalue weighted by molar-refractivity contribution is 6.05. The van der Waals surface area contributed by atoms with Gasteiger partial charge in [-0.1, -0.05) is 6.92 Å². The largest absolute Gasteiger partial charge is 0.480 e. The smallest absolute Gasteiger partial charge is 0.317 e. The number of fused-ring (bicyclic) bond motifs is 1. The van der Waals surface area contributed by atoms with Gasteiger partial charge < -0.3 is 10.0 Å². The molecule has 2 N–H and O–H groups in total. The lowest BCUT2D eigenvalue weighted by atomic mass is 10.0. The molecular weight excluding hydrogens is 320 g/mol. The van der Waals surface area contributed by atoms with Gasteiger partial charge in [0.05, 0.1) is 23.8 Å². The van der Waals surface area contributed by atoms with Gasteiger partial charge in [-0.15, -0.1) is 0 Å². The molecule has 1 aromatic heterocycles. The summed E-state index contributed by atoms with van der Waals surface area (Å²) in [5.74, 6) is -0.792. The van der Waals surface area contributed by atoms with Gasteiger partial charge in [0.2, 0.25) is 0 Å². The molecule has 134 valence electrons. The highest BCUT2D eigenvalue weighted by Gasteiger charge is 2.28. The Bertz CT molecular complexity index is 778. The van der Waals surface area contributed by atoms with Crippen LogP contribution in [-0.4, -0.2) is 69.2 Å². The molecule has 0 saturated carbocycles. The number of nitrogens with zero attached hydrogens (tertiary/aromatic N) is 3. The number of likely N-dealkylation sites (tertiary alicyclic amines) is 1. The maximum absolute atomic E-state index is 13.0. The first-order chi connectivity index (χ1) is 12.0. The van der Waals surface area contributed by atoms with Crippen LogP contribution >= 0.6 is 0 Å². The predicted octanol–water partition coefficient (Wildman–Crippen LogP) is 1.88. The van der Waals surface area contributed by atoms with Crippen LogP contribution in [0.4, 0.5) is 0 Å². The Morgan fingerprint density at radius 3 is 2.72 bits per heavy atom. The van der Waals surface area contributed by atoms with Crippen molar-refractivity contribution in [1.29, 1.82) is 0 Å². The van der Waals surface area contributed by atoms with Gasteiger partial charge >= 0.3 is 5.97 Å². The average Bonchev–Trinajstić information content (AvgIpc) is 3.06. The number of piperidine rings is 1. The minimum atomic E-state index is -0.804. The number of aromatic amines is 1. The number of hydrogen-bond donors (Lipinski definition) is 2. The zero-order valence-electron chi connectivity index (χ0n) is 14.7. The van der Waals surface area contributed by atoms with Gasteiger partial charge in [0.1, 0.15) is 0 Å². The van der Waals surface area contributed by atoms with E-state index >= 15 is 0 Å². The van der Waals surface area contributed by atoms with Crippen LogP contribution < -0.4 is 0 Å². The topological polar surface area (TPSA) is 89.5 Å². The van der Waals surface area contributed by atoms with Gasteiger partial charge in [-0.05, 0) is 44.0 Å². The average molecular weight is 344 g/mol. The second-order valence-corrected chi connectivity index (χ2v) is 6.63. The number of hydrogen-bond acceptors (Lipinski definition) is 4. The third-order valence-electron chi connectivity index (χ3n) is 4.94. The summed E-state index contributed by atoms with van der Waals surface area (Å²) in [7, 11) is 0. The zero-order valence-corrected chi connectivity index (χ0v) is 14.7. The summed E-state index contributed by atoms with van der Waals surface area (Å²) in [6.07, 6.45) is 3.33. The first-order valence-electron chi connectivity index (χ1n) is 8.68. The molecule has 0 unspecified atom stereocenters. The molecule has 1 aliphatic rings. The first kappa shape index (κ1) is 17.4. The molecular formula is C18H24N4O3. The summed E-state index contributed by atoms with van der Waals surface area (Å²) in [5, 5.41) is 16.9. The Morgan fingerprint density at radius 2 is 2.08 bits per heavy atom. The molecule has 1 aromatic carbocycles. The molecule has 2 heterocycles. The van der Waals surface area contributed by atoms with Gasteiger partial charge in [0.25, 0.3) is 5.91 Å². The predicted molar refractivity (Wildman–Crippen MR) is 94.6 cm³/mol. The monoisotopic (exact) mass is 344 g/mol. The molecule has 25 heavy (non-hydrogen) atoms. The SMILES string of the molecule is CCN(CC(=O)O)C1CCN(C(=O)c2cc(C)cc3cn[nH]c23)CC1. The van der Waals surface area contributed by atoms with E-state index in [1.165, 1.54) is 0 Å². The van der Waals surface area contributed by atoms with Gasteiger partial charge in [0, 0.05) is 24.5 Å². The number of aromatic nitrogens is 2. The molecule has 1 aliphatic heterocycles. The molecule has 0 spiro atoms. The molecule has 0 atom stereocenters. The van der Waals surface area contributed by atoms with E-state index in [1.807, 2.05) is 35.8 Å². The summed E-state index contributed by atoms with van der Waals surface area (Å²) >= 11 is 0. The molecule has 0 aliphatic carbocycles. The van der Waals surface area contributed by atoms with E-state index in [0.29, 0.717) is 25.2 Å². The number of rotatable bonds is 5. The number of carbonyl (C=O) groups is 2. The van der Waals surface area contributed by atoms with Gasteiger partial charge in [-0.25, -0.2) is 0 Å². The van der Waals surface area contributed by atoms with Crippen LogP contribution in [0.2, 0.25) is 0 Å². The number of nitrogens with one attached hydrogen (secondary N) is 1. The number of aliphatic carboxylic acids is 1. The van der Waals surface area contributed by atoms with Gasteiger partial charge in [-0.2, -0.15) is 5.10 Å². The van der Waals surface area contributed by atoms with Crippen LogP contribution in [-0.2, 0) is 4.79 Å². The molecule has 1 saturated heterocycles. The first-order valence-corrected chi connectivity index (χ1v) is 8.68. The van der Waals surface area contributed by atoms with Gasteiger partial charge in [-0.3, -0.25) is 19.6 Å². The standard InChI is InChI=1S/C18H24N4O3/c1-3-21(11-16(23)24)14-4-6-22(7-5-14)18(25)15-9-12(2)8-13-10-19-20-17(13)15/h8-10,14H,3-7,11H2,1-2H3,(H,19,20)(H,23,24). The maximum Gasteiger partial charge on any atom is 0.317 e. The number of benzene rings is 1. The van der Waals surface area contributed by atoms with Gasteiger partial charge in [0.15, 0.2) is 0 Å². The molecule has 0 bridgehead atoms. The second kappa shape index (κ2) is 7.23. The van der Waals surface area contributed by atoms with Crippen LogP contribution in [0, 0.1) is 6.92 Å². The van der Waals surface area contributed by atoms with E-state index in [-0.39, 0.29) is 18.5 Å². The Kier molecular flexibility index (Phi) is 5.03. The van der Waals surface area contributed by atoms with Crippen LogP contribution in [0.15, 0.2) is 18.3 Å². The Labute approximate surface area is 146 Å². The third-order valence-corrected chi connectivity index (χ3v) is 4.94. The number of carboxylic acid groups (broad SMARTS) is 1. The van der Waals surface area contributed by atoms with E-state index in [0.717, 1.165) is 29.3 Å². The minimum Gasteiger partial charge on any atom is -0.480 e. The number of carbonyl (C=O) groups excluding carboxylic acids is 1. The summed E-state index contributed by atoms with van der Waals surface area (Å²) in [5.41, 5.74) is 2.47. The third kappa shape index (κ3) is 3.66. The van der Waals surface area contributed by atoms with Crippen LogP contribution in [0.3, 0.4) is 0 Å². The number of carboxylic acids is 1. The zero-order chi connectivity index (χ0) is 18.0. The van der Waals surface area contributed by atoms with Crippen molar-refractivity contribution in [3.8, 4) is 0 Å². The van der Waals surface area contributed by atoms with Crippen LogP contribution in [0.25, 0.3) is 10.9 Å². The number of aryl methyl sites for hydroxylation is 1. The van der Waals surface area contributed by atoms with Crippen molar-refractivity contribution in [2.75, 3.05) is 26.2 Å². The molecule has 1 fully saturated rings. The second-order valence-electron chi connectivity index (χ2n) is 6.63. The minimum absolute atomic E-state index is 0.0117. The van der Waals surface area contributed by atoms with E-state index in [1.54, 1.807) is 6.20 Å². The number of likely N-dealkylation sites (N-methyl/N-ethyl adjacent to an activating group) is 1. The molecule has 1 amide bonds. The fourth-order valence-corrected chi connectivity index (χ4v) is 3.65. The number of amides is 1. The summed E-state index contributed by atoms with van der Waals surface area (Å²) in [6, 6.07) is 4.12. The van der Waals surface area contributed by atoms with Crippen molar-refractivity contribution in [2.45, 2.75) is 32.7 Å². The van der Waals surface area contributed by atoms with Crippen LogP contribution in [0.5, 0.6) is 0 Å². The van der Waals surface area contributed by atoms with E-state index in [2.05, 4.69) is 10.2 Å². The molecule has 3 rings (SSSR count). The Morgan fingerprint density at radius 1 is 1.36 bits per heavy atom. The van der Waals surface area contributed by atoms with Crippen molar-refractivity contribution in [2.24, 2.45) is 0 Å². The lowest BCUT2D eigenvalue weighted by molar-refractivity contribution is -0.139. The van der Waals surface area contributed by atoms with E-state index in [4.69, 9.17) is 5.11 Å². The summed E-state index contributed by atoms with van der Waals surface area (Å²) in [4.78, 5) is 27.8. The Balaban J connectivity index is 1.71. The van der Waals surface area contributed by atoms with Crippen LogP contribution in [0.1, 0.15) is 35.7 Å². The summed E-state index contributed by atoms with van der Waals surface area (Å²) in [6.45, 7) is 5.99. The normalized spacial score (nSPS) is 15.9. The van der Waals surface area contributed by atoms with Crippen molar-refractivity contribution < 1.29 is 14.7 Å². The molecule has 7 nitrogen and oxygen atoms in total. The molecule has 2 aromatic rings. The molecule has 7 heteroatoms. The van der Waals surface area contributed by atoms with E-state index in [9.17, 15) is 9.59 Å². The lowest BCUT2D eigenvalue weighted by Crippen LogP contribution is -2.48. The lowest BCUT2D eigenvalue weighted by Gasteiger charge is -2.37. The summed E-state index contributed by atoms with van der Waals surface area (Å²) < 4.78 is 0. The highest BCUT2D eigenvalue weighted by Crippen LogP contribution is 2.23. The van der Waals surface area contributed by atoms with Crippen molar-refractivity contribution in [3.05, 3.63) is 29.5 Å². The molecule has 0 radical (unpaired) electrons. The highest BCUT2D eigenvalue weighted by atomic mass is 16.4. The Hall–Kier alpha value is -2.41. The quantitative estimate of drug-likeness (QED) is 0.864. The fraction of sp³-hybridized carbons (Fsp3) is 0.500. The van der Waals surface area contributed by atoms with Crippen molar-refractivity contribution in [3.63, 3.8) is 0 Å². The van der Waals surface area contributed by atoms with Crippen molar-refractivity contribution >= 4 is 22.8 Å². The fourth-order valence-electron chi connectivity index (χ4n) is 3.65. The van der Waals surface area contributed by atoms with E-state index < -0.39 is 5.97 Å². The number of H-pyrrole nitrogens is 1. The van der Waals surface area contributed by atoms with Crippen molar-refractivity contribution in [1.82, 2.24) is 20.0 Å².